The number of nitrogens with one attached hydrogen (secondary N) is 1. The molecule has 0 bridgehead atoms. The number of nitrogens with zero attached hydrogens (tertiary/aromatic N) is 3. The SMILES string of the molecule is Cc1ccc(NC(=O)c2ccc(CSc3nc(Cl)cc(N4CCC(C)CC4)n3)cc2)cc1. The van der Waals surface area contributed by atoms with Gasteiger partial charge < -0.3 is 10.2 Å². The Kier molecular flexibility index (Phi) is 7.33. The van der Waals surface area contributed by atoms with Gasteiger partial charge in [-0.25, -0.2) is 9.97 Å². The van der Waals surface area contributed by atoms with Crippen LogP contribution in [0.5, 0.6) is 0 Å². The molecule has 3 aromatic rings. The van der Waals surface area contributed by atoms with E-state index in [0.29, 0.717) is 21.6 Å². The molecule has 7 heteroatoms. The molecule has 32 heavy (non-hydrogen) atoms. The minimum atomic E-state index is -0.119. The summed E-state index contributed by atoms with van der Waals surface area (Å²) in [6, 6.07) is 17.2. The molecule has 166 valence electrons. The molecule has 1 aliphatic heterocycles. The lowest BCUT2D eigenvalue weighted by atomic mass is 9.99. The van der Waals surface area contributed by atoms with Gasteiger partial charge in [0.25, 0.3) is 5.91 Å². The molecule has 0 atom stereocenters. The molecular formula is C25H27ClN4OS. The maximum atomic E-state index is 12.5. The highest BCUT2D eigenvalue weighted by atomic mass is 35.5. The zero-order valence-corrected chi connectivity index (χ0v) is 19.9. The standard InChI is InChI=1S/C25H27ClN4OS/c1-17-3-9-21(10-4-17)27-24(31)20-7-5-19(6-8-20)16-32-25-28-22(26)15-23(29-25)30-13-11-18(2)12-14-30/h3-10,15,18H,11-14,16H2,1-2H3,(H,27,31). The summed E-state index contributed by atoms with van der Waals surface area (Å²) in [5.74, 6) is 2.25. The Labute approximate surface area is 198 Å². The molecule has 0 unspecified atom stereocenters. The molecule has 0 spiro atoms. The molecular weight excluding hydrogens is 440 g/mol. The number of amides is 1. The first kappa shape index (κ1) is 22.6. The molecule has 1 saturated heterocycles. The lowest BCUT2D eigenvalue weighted by Crippen LogP contribution is -2.33. The van der Waals surface area contributed by atoms with Gasteiger partial charge in [0.1, 0.15) is 11.0 Å². The van der Waals surface area contributed by atoms with Crippen LogP contribution in [0.25, 0.3) is 0 Å². The number of piperidine rings is 1. The fourth-order valence-corrected chi connectivity index (χ4v) is 4.63. The van der Waals surface area contributed by atoms with Gasteiger partial charge in [-0.05, 0) is 55.5 Å². The van der Waals surface area contributed by atoms with E-state index in [0.717, 1.165) is 41.6 Å². The number of hydrogen-bond acceptors (Lipinski definition) is 5. The van der Waals surface area contributed by atoms with Gasteiger partial charge in [0, 0.05) is 36.2 Å². The predicted octanol–water partition coefficient (Wildman–Crippen LogP) is 6.22. The molecule has 1 N–H and O–H groups in total. The molecule has 1 amide bonds. The first-order valence-corrected chi connectivity index (χ1v) is 12.2. The van der Waals surface area contributed by atoms with E-state index in [9.17, 15) is 4.79 Å². The normalized spacial score (nSPS) is 14.4. The topological polar surface area (TPSA) is 58.1 Å². The number of benzene rings is 2. The second-order valence-corrected chi connectivity index (χ2v) is 9.64. The van der Waals surface area contributed by atoms with E-state index in [1.807, 2.05) is 61.5 Å². The second kappa shape index (κ2) is 10.4. The van der Waals surface area contributed by atoms with E-state index < -0.39 is 0 Å². The Balaban J connectivity index is 1.36. The van der Waals surface area contributed by atoms with Gasteiger partial charge in [-0.15, -0.1) is 0 Å². The summed E-state index contributed by atoms with van der Waals surface area (Å²) in [6.07, 6.45) is 2.35. The van der Waals surface area contributed by atoms with Crippen molar-refractivity contribution in [3.05, 3.63) is 76.4 Å². The summed E-state index contributed by atoms with van der Waals surface area (Å²) in [6.45, 7) is 6.32. The van der Waals surface area contributed by atoms with Crippen molar-refractivity contribution in [2.75, 3.05) is 23.3 Å². The first-order valence-electron chi connectivity index (χ1n) is 10.9. The number of aromatic nitrogens is 2. The second-order valence-electron chi connectivity index (χ2n) is 8.31. The van der Waals surface area contributed by atoms with Gasteiger partial charge in [-0.1, -0.05) is 60.1 Å². The quantitative estimate of drug-likeness (QED) is 0.265. The van der Waals surface area contributed by atoms with E-state index in [-0.39, 0.29) is 5.91 Å². The van der Waals surface area contributed by atoms with Crippen molar-refractivity contribution in [2.24, 2.45) is 5.92 Å². The Morgan fingerprint density at radius 3 is 2.47 bits per heavy atom. The molecule has 1 aliphatic rings. The number of hydrogen-bond donors (Lipinski definition) is 1. The summed E-state index contributed by atoms with van der Waals surface area (Å²) in [4.78, 5) is 23.9. The number of thioether (sulfide) groups is 1. The van der Waals surface area contributed by atoms with Crippen LogP contribution in [0.3, 0.4) is 0 Å². The molecule has 1 aromatic heterocycles. The number of carbonyl (C=O) groups is 1. The molecule has 2 aromatic carbocycles. The average Bonchev–Trinajstić information content (AvgIpc) is 2.79. The largest absolute Gasteiger partial charge is 0.356 e. The first-order chi connectivity index (χ1) is 15.5. The zero-order chi connectivity index (χ0) is 22.5. The fourth-order valence-electron chi connectivity index (χ4n) is 3.59. The van der Waals surface area contributed by atoms with E-state index in [1.165, 1.54) is 12.8 Å². The Hall–Kier alpha value is -2.57. The van der Waals surface area contributed by atoms with Gasteiger partial charge in [-0.3, -0.25) is 4.79 Å². The minimum absolute atomic E-state index is 0.119. The van der Waals surface area contributed by atoms with Gasteiger partial charge in [0.2, 0.25) is 0 Å². The van der Waals surface area contributed by atoms with Crippen LogP contribution >= 0.6 is 23.4 Å². The molecule has 0 saturated carbocycles. The Bertz CT molecular complexity index is 1060. The predicted molar refractivity (Wildman–Crippen MR) is 133 cm³/mol. The summed E-state index contributed by atoms with van der Waals surface area (Å²) in [5, 5.41) is 4.07. The number of rotatable bonds is 6. The Morgan fingerprint density at radius 2 is 1.78 bits per heavy atom. The zero-order valence-electron chi connectivity index (χ0n) is 18.3. The van der Waals surface area contributed by atoms with Gasteiger partial charge in [-0.2, -0.15) is 0 Å². The van der Waals surface area contributed by atoms with Crippen LogP contribution in [0.15, 0.2) is 59.8 Å². The average molecular weight is 467 g/mol. The maximum Gasteiger partial charge on any atom is 0.255 e. The Morgan fingerprint density at radius 1 is 1.09 bits per heavy atom. The van der Waals surface area contributed by atoms with E-state index in [1.54, 1.807) is 11.8 Å². The number of carbonyl (C=O) groups excluding carboxylic acids is 1. The van der Waals surface area contributed by atoms with Crippen LogP contribution in [-0.4, -0.2) is 29.0 Å². The number of anilines is 2. The monoisotopic (exact) mass is 466 g/mol. The summed E-state index contributed by atoms with van der Waals surface area (Å²) >= 11 is 7.83. The van der Waals surface area contributed by atoms with Crippen molar-refractivity contribution in [2.45, 2.75) is 37.6 Å². The van der Waals surface area contributed by atoms with Gasteiger partial charge >= 0.3 is 0 Å². The minimum Gasteiger partial charge on any atom is -0.356 e. The maximum absolute atomic E-state index is 12.5. The number of halogens is 1. The van der Waals surface area contributed by atoms with E-state index in [4.69, 9.17) is 16.6 Å². The lowest BCUT2D eigenvalue weighted by Gasteiger charge is -2.31. The highest BCUT2D eigenvalue weighted by Gasteiger charge is 2.18. The van der Waals surface area contributed by atoms with Crippen LogP contribution in [0.4, 0.5) is 11.5 Å². The van der Waals surface area contributed by atoms with Crippen LogP contribution in [-0.2, 0) is 5.75 Å². The third-order valence-electron chi connectivity index (χ3n) is 5.66. The third-order valence-corrected chi connectivity index (χ3v) is 6.77. The highest BCUT2D eigenvalue weighted by Crippen LogP contribution is 2.27. The highest BCUT2D eigenvalue weighted by molar-refractivity contribution is 7.98. The fraction of sp³-hybridized carbons (Fsp3) is 0.320. The molecule has 5 nitrogen and oxygen atoms in total. The van der Waals surface area contributed by atoms with Crippen molar-refractivity contribution in [1.29, 1.82) is 0 Å². The van der Waals surface area contributed by atoms with Crippen LogP contribution in [0.2, 0.25) is 5.15 Å². The van der Waals surface area contributed by atoms with Gasteiger partial charge in [0.05, 0.1) is 0 Å². The van der Waals surface area contributed by atoms with Gasteiger partial charge in [0.15, 0.2) is 5.16 Å². The van der Waals surface area contributed by atoms with Crippen molar-refractivity contribution in [3.63, 3.8) is 0 Å². The molecule has 4 rings (SSSR count). The summed E-state index contributed by atoms with van der Waals surface area (Å²) < 4.78 is 0. The van der Waals surface area contributed by atoms with Crippen molar-refractivity contribution >= 4 is 40.8 Å². The van der Waals surface area contributed by atoms with Crippen LogP contribution in [0, 0.1) is 12.8 Å². The summed E-state index contributed by atoms with van der Waals surface area (Å²) in [5.41, 5.74) is 3.67. The number of aryl methyl sites for hydroxylation is 1. The lowest BCUT2D eigenvalue weighted by molar-refractivity contribution is 0.102. The van der Waals surface area contributed by atoms with E-state index >= 15 is 0 Å². The molecule has 0 radical (unpaired) electrons. The van der Waals surface area contributed by atoms with Crippen LogP contribution in [0.1, 0.15) is 41.3 Å². The van der Waals surface area contributed by atoms with Crippen LogP contribution < -0.4 is 10.2 Å². The van der Waals surface area contributed by atoms with Crippen molar-refractivity contribution < 1.29 is 4.79 Å². The van der Waals surface area contributed by atoms with E-state index in [2.05, 4.69) is 22.1 Å². The molecule has 0 aliphatic carbocycles. The van der Waals surface area contributed by atoms with Crippen molar-refractivity contribution in [1.82, 2.24) is 9.97 Å². The smallest absolute Gasteiger partial charge is 0.255 e. The summed E-state index contributed by atoms with van der Waals surface area (Å²) in [7, 11) is 0. The molecule has 1 fully saturated rings. The van der Waals surface area contributed by atoms with Crippen molar-refractivity contribution in [3.8, 4) is 0 Å². The molecule has 2 heterocycles. The third kappa shape index (κ3) is 6.02.